The summed E-state index contributed by atoms with van der Waals surface area (Å²) in [5.74, 6) is -1.63. The fraction of sp³-hybridized carbons (Fsp3) is 0.833. The number of piperidine rings is 1. The first-order valence-corrected chi connectivity index (χ1v) is 3.33. The van der Waals surface area contributed by atoms with Crippen molar-refractivity contribution in [3.8, 4) is 0 Å². The van der Waals surface area contributed by atoms with Crippen molar-refractivity contribution in [2.45, 2.75) is 19.0 Å². The molecule has 0 aromatic heterocycles. The topological polar surface area (TPSA) is 29.1 Å². The maximum Gasteiger partial charge on any atom is 0.393 e. The zero-order chi connectivity index (χ0) is 8.48. The molecule has 0 radical (unpaired) electrons. The third-order valence-corrected chi connectivity index (χ3v) is 1.73. The number of halogens is 3. The van der Waals surface area contributed by atoms with Gasteiger partial charge in [0.15, 0.2) is 0 Å². The van der Waals surface area contributed by atoms with Crippen LogP contribution in [-0.2, 0) is 4.79 Å². The smallest absolute Gasteiger partial charge is 0.355 e. The quantitative estimate of drug-likeness (QED) is 0.574. The molecule has 1 atom stereocenters. The van der Waals surface area contributed by atoms with E-state index in [2.05, 4.69) is 5.32 Å². The number of alkyl halides is 3. The van der Waals surface area contributed by atoms with E-state index in [0.29, 0.717) is 0 Å². The van der Waals surface area contributed by atoms with E-state index in [-0.39, 0.29) is 25.3 Å². The van der Waals surface area contributed by atoms with Gasteiger partial charge in [0.25, 0.3) is 0 Å². The van der Waals surface area contributed by atoms with Crippen LogP contribution in [0.15, 0.2) is 0 Å². The number of rotatable bonds is 0. The second-order valence-electron chi connectivity index (χ2n) is 2.58. The second-order valence-corrected chi connectivity index (χ2v) is 2.58. The lowest BCUT2D eigenvalue weighted by molar-refractivity contribution is -0.179. The molecule has 64 valence electrons. The van der Waals surface area contributed by atoms with Gasteiger partial charge < -0.3 is 5.32 Å². The Kier molecular flexibility index (Phi) is 2.06. The van der Waals surface area contributed by atoms with Crippen LogP contribution in [0.5, 0.6) is 0 Å². The molecule has 0 aromatic carbocycles. The first kappa shape index (κ1) is 8.36. The second kappa shape index (κ2) is 2.71. The third-order valence-electron chi connectivity index (χ3n) is 1.73. The molecule has 0 bridgehead atoms. The van der Waals surface area contributed by atoms with Gasteiger partial charge in [-0.15, -0.1) is 0 Å². The number of hydrogen-bond acceptors (Lipinski definition) is 1. The summed E-state index contributed by atoms with van der Waals surface area (Å²) in [6, 6.07) is 0. The molecule has 1 amide bonds. The highest BCUT2D eigenvalue weighted by Crippen LogP contribution is 2.30. The molecule has 2 nitrogen and oxygen atoms in total. The molecule has 1 fully saturated rings. The summed E-state index contributed by atoms with van der Waals surface area (Å²) in [7, 11) is 0. The molecule has 0 aromatic rings. The average molecular weight is 167 g/mol. The summed E-state index contributed by atoms with van der Waals surface area (Å²) < 4.78 is 35.8. The lowest BCUT2D eigenvalue weighted by Gasteiger charge is -2.24. The predicted octanol–water partition coefficient (Wildman–Crippen LogP) is 1.07. The standard InChI is InChI=1S/C6H8F3NO/c7-6(8,9)4-1-2-5(11)10-3-4/h4H,1-3H2,(H,10,11)/t4-/m1/s1. The van der Waals surface area contributed by atoms with Crippen molar-refractivity contribution in [1.29, 1.82) is 0 Å². The maximum atomic E-state index is 11.9. The Morgan fingerprint density at radius 2 is 2.09 bits per heavy atom. The van der Waals surface area contributed by atoms with Crippen molar-refractivity contribution < 1.29 is 18.0 Å². The number of carbonyl (C=O) groups excluding carboxylic acids is 1. The van der Waals surface area contributed by atoms with Crippen molar-refractivity contribution in [3.63, 3.8) is 0 Å². The highest BCUT2D eigenvalue weighted by atomic mass is 19.4. The SMILES string of the molecule is O=C1CC[C@@H](C(F)(F)F)CN1. The van der Waals surface area contributed by atoms with E-state index in [9.17, 15) is 18.0 Å². The Morgan fingerprint density at radius 1 is 1.45 bits per heavy atom. The van der Waals surface area contributed by atoms with E-state index < -0.39 is 12.1 Å². The molecule has 1 heterocycles. The van der Waals surface area contributed by atoms with Crippen LogP contribution in [-0.4, -0.2) is 18.6 Å². The Morgan fingerprint density at radius 3 is 2.45 bits per heavy atom. The maximum absolute atomic E-state index is 11.9. The van der Waals surface area contributed by atoms with Crippen LogP contribution in [0.4, 0.5) is 13.2 Å². The van der Waals surface area contributed by atoms with Crippen molar-refractivity contribution in [2.75, 3.05) is 6.54 Å². The van der Waals surface area contributed by atoms with Gasteiger partial charge in [0.05, 0.1) is 5.92 Å². The first-order chi connectivity index (χ1) is 5.00. The number of carbonyl (C=O) groups is 1. The minimum Gasteiger partial charge on any atom is -0.355 e. The molecule has 0 aliphatic carbocycles. The largest absolute Gasteiger partial charge is 0.393 e. The molecule has 1 N–H and O–H groups in total. The Bertz CT molecular complexity index is 156. The Labute approximate surface area is 61.8 Å². The summed E-state index contributed by atoms with van der Waals surface area (Å²) in [4.78, 5) is 10.5. The van der Waals surface area contributed by atoms with E-state index in [0.717, 1.165) is 0 Å². The van der Waals surface area contributed by atoms with Crippen molar-refractivity contribution >= 4 is 5.91 Å². The summed E-state index contributed by atoms with van der Waals surface area (Å²) >= 11 is 0. The molecule has 0 saturated carbocycles. The Hall–Kier alpha value is -0.740. The minimum absolute atomic E-state index is 0.00975. The number of amides is 1. The van der Waals surface area contributed by atoms with Gasteiger partial charge in [0, 0.05) is 13.0 Å². The highest BCUT2D eigenvalue weighted by Gasteiger charge is 2.41. The van der Waals surface area contributed by atoms with E-state index in [1.165, 1.54) is 0 Å². The van der Waals surface area contributed by atoms with Crippen LogP contribution in [0.25, 0.3) is 0 Å². The van der Waals surface area contributed by atoms with Gasteiger partial charge in [-0.05, 0) is 6.42 Å². The van der Waals surface area contributed by atoms with Crippen molar-refractivity contribution in [1.82, 2.24) is 5.32 Å². The molecule has 1 aliphatic rings. The van der Waals surface area contributed by atoms with E-state index in [4.69, 9.17) is 0 Å². The molecule has 5 heteroatoms. The lowest BCUT2D eigenvalue weighted by atomic mass is 9.99. The molecular weight excluding hydrogens is 159 g/mol. The van der Waals surface area contributed by atoms with Gasteiger partial charge in [-0.3, -0.25) is 4.79 Å². The van der Waals surface area contributed by atoms with Crippen LogP contribution >= 0.6 is 0 Å². The monoisotopic (exact) mass is 167 g/mol. The van der Waals surface area contributed by atoms with Crippen molar-refractivity contribution in [3.05, 3.63) is 0 Å². The summed E-state index contributed by atoms with van der Waals surface area (Å²) in [5, 5.41) is 2.18. The molecule has 1 saturated heterocycles. The normalized spacial score (nSPS) is 26.5. The van der Waals surface area contributed by atoms with Crippen LogP contribution in [0.3, 0.4) is 0 Å². The van der Waals surface area contributed by atoms with Crippen LogP contribution in [0.2, 0.25) is 0 Å². The third kappa shape index (κ3) is 2.10. The van der Waals surface area contributed by atoms with Gasteiger partial charge in [-0.2, -0.15) is 13.2 Å². The van der Waals surface area contributed by atoms with Gasteiger partial charge in [0.1, 0.15) is 0 Å². The average Bonchev–Trinajstić information content (AvgIpc) is 1.86. The molecule has 0 unspecified atom stereocenters. The van der Waals surface area contributed by atoms with Gasteiger partial charge >= 0.3 is 6.18 Å². The van der Waals surface area contributed by atoms with Crippen molar-refractivity contribution in [2.24, 2.45) is 5.92 Å². The molecule has 0 spiro atoms. The number of hydrogen-bond donors (Lipinski definition) is 1. The van der Waals surface area contributed by atoms with E-state index in [1.54, 1.807) is 0 Å². The Balaban J connectivity index is 2.45. The van der Waals surface area contributed by atoms with Gasteiger partial charge in [-0.1, -0.05) is 0 Å². The zero-order valence-corrected chi connectivity index (χ0v) is 5.74. The zero-order valence-electron chi connectivity index (χ0n) is 5.74. The van der Waals surface area contributed by atoms with Crippen LogP contribution in [0, 0.1) is 5.92 Å². The van der Waals surface area contributed by atoms with Crippen LogP contribution < -0.4 is 5.32 Å². The van der Waals surface area contributed by atoms with E-state index in [1.807, 2.05) is 0 Å². The number of nitrogens with one attached hydrogen (secondary N) is 1. The van der Waals surface area contributed by atoms with Gasteiger partial charge in [-0.25, -0.2) is 0 Å². The minimum atomic E-state index is -4.16. The molecule has 1 aliphatic heterocycles. The lowest BCUT2D eigenvalue weighted by Crippen LogP contribution is -2.41. The highest BCUT2D eigenvalue weighted by molar-refractivity contribution is 5.76. The molecular formula is C6H8F3NO. The van der Waals surface area contributed by atoms with E-state index >= 15 is 0 Å². The predicted molar refractivity (Wildman–Crippen MR) is 31.8 cm³/mol. The summed E-state index contributed by atoms with van der Waals surface area (Å²) in [6.07, 6.45) is -4.24. The first-order valence-electron chi connectivity index (χ1n) is 3.33. The summed E-state index contributed by atoms with van der Waals surface area (Å²) in [5.41, 5.74) is 0. The fourth-order valence-electron chi connectivity index (χ4n) is 1.01. The molecule has 11 heavy (non-hydrogen) atoms. The van der Waals surface area contributed by atoms with Crippen LogP contribution in [0.1, 0.15) is 12.8 Å². The van der Waals surface area contributed by atoms with Gasteiger partial charge in [0.2, 0.25) is 5.91 Å². The molecule has 1 rings (SSSR count). The summed E-state index contributed by atoms with van der Waals surface area (Å²) in [6.45, 7) is -0.262. The fourth-order valence-corrected chi connectivity index (χ4v) is 1.01.